The van der Waals surface area contributed by atoms with Crippen molar-refractivity contribution in [3.8, 4) is 5.75 Å². The van der Waals surface area contributed by atoms with E-state index in [1.54, 1.807) is 21.3 Å². The number of benzene rings is 2. The highest BCUT2D eigenvalue weighted by Gasteiger charge is 2.37. The molecule has 3 atom stereocenters. The maximum atomic E-state index is 12.5. The van der Waals surface area contributed by atoms with Crippen LogP contribution in [0.4, 0.5) is 5.69 Å². The third-order valence-corrected chi connectivity index (χ3v) is 8.53. The minimum absolute atomic E-state index is 0.00625. The van der Waals surface area contributed by atoms with E-state index in [-0.39, 0.29) is 24.0 Å². The van der Waals surface area contributed by atoms with Gasteiger partial charge in [-0.05, 0) is 48.1 Å². The van der Waals surface area contributed by atoms with E-state index in [1.807, 2.05) is 13.8 Å². The first-order valence-corrected chi connectivity index (χ1v) is 15.6. The van der Waals surface area contributed by atoms with E-state index in [9.17, 15) is 4.79 Å². The highest BCUT2D eigenvalue weighted by atomic mass is 16.5. The molecule has 0 aliphatic carbocycles. The Balaban J connectivity index is 1.46. The smallest absolute Gasteiger partial charge is 0.225 e. The number of nitrogens with one attached hydrogen (secondary N) is 2. The Kier molecular flexibility index (Phi) is 12.7. The Labute approximate surface area is 257 Å². The number of methoxy groups -OCH3 is 2. The molecule has 2 N–H and O–H groups in total. The number of nitrogens with zero attached hydrogens (tertiary/aromatic N) is 1. The molecule has 9 nitrogen and oxygen atoms in total. The summed E-state index contributed by atoms with van der Waals surface area (Å²) in [5, 5.41) is 6.53. The highest BCUT2D eigenvalue weighted by Crippen LogP contribution is 2.36. The minimum Gasteiger partial charge on any atom is -0.490 e. The van der Waals surface area contributed by atoms with Gasteiger partial charge in [0, 0.05) is 58.3 Å². The summed E-state index contributed by atoms with van der Waals surface area (Å²) in [6.45, 7) is 10.2. The summed E-state index contributed by atoms with van der Waals surface area (Å²) in [6, 6.07) is 15.3. The average molecular weight is 598 g/mol. The van der Waals surface area contributed by atoms with E-state index in [4.69, 9.17) is 23.7 Å². The van der Waals surface area contributed by atoms with Gasteiger partial charge in [0.25, 0.3) is 0 Å². The fourth-order valence-corrected chi connectivity index (χ4v) is 6.13. The summed E-state index contributed by atoms with van der Waals surface area (Å²) in [7, 11) is 5.13. The lowest BCUT2D eigenvalue weighted by atomic mass is 9.77. The van der Waals surface area contributed by atoms with Gasteiger partial charge in [-0.3, -0.25) is 4.79 Å². The Hall–Kier alpha value is -2.69. The number of amides is 1. The molecular formula is C34H51N3O6. The second-order valence-corrected chi connectivity index (χ2v) is 12.2. The van der Waals surface area contributed by atoms with Crippen LogP contribution in [-0.2, 0) is 37.0 Å². The Morgan fingerprint density at radius 3 is 2.56 bits per heavy atom. The van der Waals surface area contributed by atoms with Crippen LogP contribution in [0.15, 0.2) is 42.5 Å². The van der Waals surface area contributed by atoms with Crippen molar-refractivity contribution in [2.45, 2.75) is 64.4 Å². The first-order chi connectivity index (χ1) is 20.8. The van der Waals surface area contributed by atoms with Crippen LogP contribution in [0.5, 0.6) is 5.75 Å². The lowest BCUT2D eigenvalue weighted by Crippen LogP contribution is -2.50. The normalized spacial score (nSPS) is 20.4. The summed E-state index contributed by atoms with van der Waals surface area (Å²) in [6.07, 6.45) is 2.61. The molecule has 1 saturated heterocycles. The number of fused-ring (bicyclic) bond motifs is 1. The zero-order chi connectivity index (χ0) is 30.7. The van der Waals surface area contributed by atoms with Gasteiger partial charge in [-0.2, -0.15) is 0 Å². The molecule has 2 heterocycles. The minimum atomic E-state index is -0.464. The van der Waals surface area contributed by atoms with Crippen molar-refractivity contribution in [2.24, 2.45) is 5.41 Å². The molecule has 2 aromatic carbocycles. The Morgan fingerprint density at radius 1 is 1.05 bits per heavy atom. The molecular weight excluding hydrogens is 546 g/mol. The molecule has 0 bridgehead atoms. The largest absolute Gasteiger partial charge is 0.490 e. The lowest BCUT2D eigenvalue weighted by Gasteiger charge is -2.40. The molecule has 0 unspecified atom stereocenters. The summed E-state index contributed by atoms with van der Waals surface area (Å²) in [5.74, 6) is 1.19. The molecule has 0 saturated carbocycles. The number of carbonyl (C=O) groups excluding carboxylic acids is 1. The molecule has 0 spiro atoms. The standard InChI is InChI=1S/C34H51N3O6/c1-34(2,33(38)35-3)21-28-20-29(27-10-7-25(8-11-27)23-41-18-17-40-5)32(22-36-28)43-24-26-9-12-31-30(19-26)37(14-16-42-31)13-6-15-39-4/h7-12,19,28-29,32,36H,6,13-18,20-24H2,1-5H3,(H,35,38)/t28-,29+,32-/m0/s1. The molecule has 2 aliphatic heterocycles. The van der Waals surface area contributed by atoms with Gasteiger partial charge in [0.2, 0.25) is 5.91 Å². The first kappa shape index (κ1) is 33.2. The number of anilines is 1. The van der Waals surface area contributed by atoms with E-state index >= 15 is 0 Å². The van der Waals surface area contributed by atoms with Crippen LogP contribution in [0.1, 0.15) is 55.7 Å². The van der Waals surface area contributed by atoms with Gasteiger partial charge in [-0.25, -0.2) is 0 Å². The van der Waals surface area contributed by atoms with Crippen LogP contribution in [0.3, 0.4) is 0 Å². The predicted molar refractivity (Wildman–Crippen MR) is 169 cm³/mol. The van der Waals surface area contributed by atoms with Crippen molar-refractivity contribution in [1.29, 1.82) is 0 Å². The monoisotopic (exact) mass is 597 g/mol. The molecule has 9 heteroatoms. The van der Waals surface area contributed by atoms with Gasteiger partial charge in [-0.15, -0.1) is 0 Å². The molecule has 238 valence electrons. The quantitative estimate of drug-likeness (QED) is 0.277. The topological polar surface area (TPSA) is 90.5 Å². The second-order valence-electron chi connectivity index (χ2n) is 12.2. The molecule has 1 fully saturated rings. The van der Waals surface area contributed by atoms with Crippen molar-refractivity contribution < 1.29 is 28.5 Å². The van der Waals surface area contributed by atoms with Crippen molar-refractivity contribution in [2.75, 3.05) is 72.2 Å². The molecule has 4 rings (SSSR count). The molecule has 2 aliphatic rings. The SMILES string of the molecule is CNC(=O)C(C)(C)C[C@@H]1C[C@H](c2ccc(COCCOC)cc2)[C@@H](OCc2ccc3c(c2)N(CCCOC)CCO3)CN1. The molecule has 2 aromatic rings. The Morgan fingerprint density at radius 2 is 1.81 bits per heavy atom. The predicted octanol–water partition coefficient (Wildman–Crippen LogP) is 4.28. The zero-order valence-corrected chi connectivity index (χ0v) is 26.7. The molecule has 43 heavy (non-hydrogen) atoms. The van der Waals surface area contributed by atoms with Gasteiger partial charge < -0.3 is 39.2 Å². The van der Waals surface area contributed by atoms with Crippen molar-refractivity contribution >= 4 is 11.6 Å². The van der Waals surface area contributed by atoms with Gasteiger partial charge in [0.15, 0.2) is 0 Å². The van der Waals surface area contributed by atoms with Crippen LogP contribution in [0.2, 0.25) is 0 Å². The van der Waals surface area contributed by atoms with E-state index in [2.05, 4.69) is 58.0 Å². The van der Waals surface area contributed by atoms with Crippen LogP contribution in [0, 0.1) is 5.41 Å². The number of ether oxygens (including phenoxy) is 5. The van der Waals surface area contributed by atoms with Gasteiger partial charge in [-0.1, -0.05) is 44.2 Å². The third-order valence-electron chi connectivity index (χ3n) is 8.53. The van der Waals surface area contributed by atoms with E-state index in [0.29, 0.717) is 33.0 Å². The fraction of sp³-hybridized carbons (Fsp3) is 0.618. The Bertz CT molecular complexity index is 1140. The average Bonchev–Trinajstić information content (AvgIpc) is 3.02. The van der Waals surface area contributed by atoms with Crippen molar-refractivity contribution in [3.63, 3.8) is 0 Å². The maximum absolute atomic E-state index is 12.5. The van der Waals surface area contributed by atoms with Gasteiger partial charge in [0.05, 0.1) is 44.8 Å². The van der Waals surface area contributed by atoms with E-state index in [1.165, 1.54) is 5.56 Å². The summed E-state index contributed by atoms with van der Waals surface area (Å²) >= 11 is 0. The van der Waals surface area contributed by atoms with Crippen LogP contribution in [-0.4, -0.2) is 85.4 Å². The van der Waals surface area contributed by atoms with Crippen LogP contribution in [0.25, 0.3) is 0 Å². The van der Waals surface area contributed by atoms with Gasteiger partial charge in [0.1, 0.15) is 12.4 Å². The summed E-state index contributed by atoms with van der Waals surface area (Å²) in [5.41, 5.74) is 4.18. The maximum Gasteiger partial charge on any atom is 0.225 e. The molecule has 1 amide bonds. The highest BCUT2D eigenvalue weighted by molar-refractivity contribution is 5.81. The molecule has 0 radical (unpaired) electrons. The number of rotatable bonds is 16. The van der Waals surface area contributed by atoms with Gasteiger partial charge >= 0.3 is 0 Å². The number of carbonyl (C=O) groups is 1. The van der Waals surface area contributed by atoms with Crippen molar-refractivity contribution in [3.05, 3.63) is 59.2 Å². The van der Waals surface area contributed by atoms with E-state index in [0.717, 1.165) is 68.1 Å². The summed E-state index contributed by atoms with van der Waals surface area (Å²) in [4.78, 5) is 14.9. The second kappa shape index (κ2) is 16.4. The third kappa shape index (κ3) is 9.40. The van der Waals surface area contributed by atoms with Crippen LogP contribution >= 0.6 is 0 Å². The fourth-order valence-electron chi connectivity index (χ4n) is 6.13. The molecule has 0 aromatic heterocycles. The lowest BCUT2D eigenvalue weighted by molar-refractivity contribution is -0.129. The van der Waals surface area contributed by atoms with Crippen molar-refractivity contribution in [1.82, 2.24) is 10.6 Å². The summed E-state index contributed by atoms with van der Waals surface area (Å²) < 4.78 is 28.7. The van der Waals surface area contributed by atoms with Crippen LogP contribution < -0.4 is 20.3 Å². The van der Waals surface area contributed by atoms with E-state index < -0.39 is 5.41 Å². The first-order valence-electron chi connectivity index (χ1n) is 15.6. The number of hydrogen-bond acceptors (Lipinski definition) is 8. The number of hydrogen-bond donors (Lipinski definition) is 2. The number of piperidine rings is 1. The zero-order valence-electron chi connectivity index (χ0n) is 26.7.